The van der Waals surface area contributed by atoms with E-state index in [1.807, 2.05) is 13.8 Å². The molecule has 0 atom stereocenters. The molecule has 4 rings (SSSR count). The zero-order chi connectivity index (χ0) is 25.1. The Balaban J connectivity index is 0.000000224. The van der Waals surface area contributed by atoms with Crippen LogP contribution in [-0.2, 0) is 0 Å². The third kappa shape index (κ3) is 6.45. The lowest BCUT2D eigenvalue weighted by molar-refractivity contribution is 0.0686. The molecule has 0 radical (unpaired) electrons. The third-order valence-corrected chi connectivity index (χ3v) is 4.05. The summed E-state index contributed by atoms with van der Waals surface area (Å²) >= 11 is 0. The highest BCUT2D eigenvalue weighted by Crippen LogP contribution is 2.23. The number of aromatic nitrogens is 4. The maximum Gasteiger partial charge on any atom is 0.336 e. The van der Waals surface area contributed by atoms with Gasteiger partial charge >= 0.3 is 11.9 Å². The SMILES string of the molecule is CC.O=C(O)c1cc(F)ccc1-c1ncccn1.O=C(O)c1cccc(F)c1-c1ncccn1. The zero-order valence-electron chi connectivity index (χ0n) is 18.2. The number of rotatable bonds is 4. The molecule has 4 aromatic rings. The molecule has 174 valence electrons. The van der Waals surface area contributed by atoms with Crippen molar-refractivity contribution >= 4 is 11.9 Å². The predicted octanol–water partition coefficient (Wildman–Crippen LogP) is 4.99. The van der Waals surface area contributed by atoms with Crippen molar-refractivity contribution < 1.29 is 28.6 Å². The van der Waals surface area contributed by atoms with Crippen LogP contribution in [0.4, 0.5) is 8.78 Å². The lowest BCUT2D eigenvalue weighted by atomic mass is 10.1. The van der Waals surface area contributed by atoms with Crippen LogP contribution in [0, 0.1) is 11.6 Å². The van der Waals surface area contributed by atoms with Crippen LogP contribution in [0.15, 0.2) is 73.3 Å². The van der Waals surface area contributed by atoms with Crippen LogP contribution in [0.2, 0.25) is 0 Å². The second kappa shape index (κ2) is 12.4. The fourth-order valence-electron chi connectivity index (χ4n) is 2.68. The summed E-state index contributed by atoms with van der Waals surface area (Å²) in [6, 6.07) is 10.5. The number of carboxylic acids is 2. The van der Waals surface area contributed by atoms with Crippen LogP contribution >= 0.6 is 0 Å². The lowest BCUT2D eigenvalue weighted by Gasteiger charge is -2.05. The molecule has 0 aliphatic heterocycles. The minimum atomic E-state index is -1.21. The number of halogens is 2. The smallest absolute Gasteiger partial charge is 0.336 e. The summed E-state index contributed by atoms with van der Waals surface area (Å²) in [6.45, 7) is 4.00. The van der Waals surface area contributed by atoms with Crippen LogP contribution in [-0.4, -0.2) is 42.1 Å². The molecule has 10 heteroatoms. The number of nitrogens with zero attached hydrogens (tertiary/aromatic N) is 4. The number of hydrogen-bond donors (Lipinski definition) is 2. The summed E-state index contributed by atoms with van der Waals surface area (Å²) < 4.78 is 26.5. The van der Waals surface area contributed by atoms with Crippen LogP contribution in [0.3, 0.4) is 0 Å². The largest absolute Gasteiger partial charge is 0.478 e. The Kier molecular flexibility index (Phi) is 9.39. The molecule has 0 aliphatic rings. The summed E-state index contributed by atoms with van der Waals surface area (Å²) in [5, 5.41) is 17.9. The van der Waals surface area contributed by atoms with E-state index in [2.05, 4.69) is 19.9 Å². The highest BCUT2D eigenvalue weighted by Gasteiger charge is 2.17. The van der Waals surface area contributed by atoms with E-state index in [0.717, 1.165) is 6.07 Å². The molecule has 0 fully saturated rings. The first-order valence-electron chi connectivity index (χ1n) is 9.98. The van der Waals surface area contributed by atoms with Gasteiger partial charge in [0.1, 0.15) is 11.6 Å². The number of benzene rings is 2. The first kappa shape index (κ1) is 25.7. The van der Waals surface area contributed by atoms with E-state index >= 15 is 0 Å². The van der Waals surface area contributed by atoms with Gasteiger partial charge in [-0.2, -0.15) is 0 Å². The molecule has 2 N–H and O–H groups in total. The van der Waals surface area contributed by atoms with Crippen LogP contribution in [0.25, 0.3) is 22.8 Å². The monoisotopic (exact) mass is 466 g/mol. The molecular formula is C24H20F2N4O4. The van der Waals surface area contributed by atoms with E-state index in [1.54, 1.807) is 12.1 Å². The second-order valence-electron chi connectivity index (χ2n) is 6.11. The van der Waals surface area contributed by atoms with E-state index in [-0.39, 0.29) is 28.3 Å². The molecular weight excluding hydrogens is 446 g/mol. The van der Waals surface area contributed by atoms with Gasteiger partial charge < -0.3 is 10.2 Å². The standard InChI is InChI=1S/2C11H7FN2O2.C2H6/c12-7-2-3-8(9(6-7)11(15)16)10-13-4-1-5-14-10;12-8-4-1-3-7(11(15)16)9(8)10-13-5-2-6-14-10;1-2/h2*1-6H,(H,15,16);1-2H3. The summed E-state index contributed by atoms with van der Waals surface area (Å²) in [6.07, 6.45) is 5.86. The Morgan fingerprint density at radius 1 is 0.706 bits per heavy atom. The fourth-order valence-corrected chi connectivity index (χ4v) is 2.68. The average molecular weight is 466 g/mol. The molecule has 0 saturated carbocycles. The summed E-state index contributed by atoms with van der Waals surface area (Å²) in [5.74, 6) is -3.33. The second-order valence-corrected chi connectivity index (χ2v) is 6.11. The van der Waals surface area contributed by atoms with Gasteiger partial charge in [-0.05, 0) is 42.5 Å². The highest BCUT2D eigenvalue weighted by atomic mass is 19.1. The lowest BCUT2D eigenvalue weighted by Crippen LogP contribution is -2.03. The van der Waals surface area contributed by atoms with Crippen LogP contribution in [0.5, 0.6) is 0 Å². The van der Waals surface area contributed by atoms with Crippen molar-refractivity contribution in [3.63, 3.8) is 0 Å². The van der Waals surface area contributed by atoms with Crippen molar-refractivity contribution in [2.75, 3.05) is 0 Å². The number of carboxylic acid groups (broad SMARTS) is 2. The van der Waals surface area contributed by atoms with Crippen LogP contribution < -0.4 is 0 Å². The van der Waals surface area contributed by atoms with E-state index in [1.165, 1.54) is 55.1 Å². The van der Waals surface area contributed by atoms with E-state index < -0.39 is 23.6 Å². The molecule has 0 unspecified atom stereocenters. The van der Waals surface area contributed by atoms with Gasteiger partial charge in [0.15, 0.2) is 11.6 Å². The Morgan fingerprint density at radius 3 is 1.76 bits per heavy atom. The fraction of sp³-hybridized carbons (Fsp3) is 0.0833. The van der Waals surface area contributed by atoms with Gasteiger partial charge in [0.25, 0.3) is 0 Å². The van der Waals surface area contributed by atoms with Crippen molar-refractivity contribution in [2.24, 2.45) is 0 Å². The van der Waals surface area contributed by atoms with Crippen molar-refractivity contribution in [2.45, 2.75) is 13.8 Å². The molecule has 34 heavy (non-hydrogen) atoms. The Bertz CT molecular complexity index is 1240. The quantitative estimate of drug-likeness (QED) is 0.431. The normalized spacial score (nSPS) is 9.65. The molecule has 0 saturated heterocycles. The van der Waals surface area contributed by atoms with Gasteiger partial charge in [0.2, 0.25) is 0 Å². The minimum absolute atomic E-state index is 0.0676. The molecule has 2 aromatic carbocycles. The molecule has 2 heterocycles. The predicted molar refractivity (Wildman–Crippen MR) is 120 cm³/mol. The van der Waals surface area contributed by atoms with Gasteiger partial charge in [-0.25, -0.2) is 38.3 Å². The van der Waals surface area contributed by atoms with E-state index in [0.29, 0.717) is 5.56 Å². The number of carbonyl (C=O) groups is 2. The summed E-state index contributed by atoms with van der Waals surface area (Å²) in [7, 11) is 0. The Labute approximate surface area is 193 Å². The van der Waals surface area contributed by atoms with Crippen molar-refractivity contribution in [1.29, 1.82) is 0 Å². The topological polar surface area (TPSA) is 126 Å². The summed E-state index contributed by atoms with van der Waals surface area (Å²) in [5.41, 5.74) is -0.0810. The maximum absolute atomic E-state index is 13.6. The van der Waals surface area contributed by atoms with Crippen molar-refractivity contribution in [1.82, 2.24) is 19.9 Å². The summed E-state index contributed by atoms with van der Waals surface area (Å²) in [4.78, 5) is 37.4. The number of hydrogen-bond acceptors (Lipinski definition) is 6. The average Bonchev–Trinajstić information content (AvgIpc) is 2.86. The molecule has 0 amide bonds. The van der Waals surface area contributed by atoms with Gasteiger partial charge in [0, 0.05) is 30.4 Å². The van der Waals surface area contributed by atoms with Gasteiger partial charge in [-0.1, -0.05) is 19.9 Å². The molecule has 8 nitrogen and oxygen atoms in total. The van der Waals surface area contributed by atoms with E-state index in [4.69, 9.17) is 10.2 Å². The van der Waals surface area contributed by atoms with Crippen molar-refractivity contribution in [3.05, 3.63) is 96.1 Å². The molecule has 2 aromatic heterocycles. The zero-order valence-corrected chi connectivity index (χ0v) is 18.2. The Hall–Kier alpha value is -4.60. The van der Waals surface area contributed by atoms with Gasteiger partial charge in [-0.3, -0.25) is 0 Å². The first-order chi connectivity index (χ1) is 16.4. The first-order valence-corrected chi connectivity index (χ1v) is 9.98. The Morgan fingerprint density at radius 2 is 1.24 bits per heavy atom. The van der Waals surface area contributed by atoms with Crippen molar-refractivity contribution in [3.8, 4) is 22.8 Å². The molecule has 0 spiro atoms. The highest BCUT2D eigenvalue weighted by molar-refractivity contribution is 5.95. The van der Waals surface area contributed by atoms with Gasteiger partial charge in [-0.15, -0.1) is 0 Å². The van der Waals surface area contributed by atoms with Gasteiger partial charge in [0.05, 0.1) is 16.7 Å². The molecule has 0 bridgehead atoms. The molecule has 0 aliphatic carbocycles. The van der Waals surface area contributed by atoms with E-state index in [9.17, 15) is 18.4 Å². The van der Waals surface area contributed by atoms with Crippen LogP contribution in [0.1, 0.15) is 34.6 Å². The minimum Gasteiger partial charge on any atom is -0.478 e. The number of aromatic carboxylic acids is 2. The maximum atomic E-state index is 13.6. The third-order valence-electron chi connectivity index (χ3n) is 4.05.